The standard InChI is InChI=1S/C49H31N7/c50-32-33-27-28-42(38-23-13-25-40(30-38)48-51-44(34-15-5-1-6-16-34)46(53-55-48)36-19-9-3-10-20-36)43(29-33)39-24-14-26-41(31-39)49-52-45(35-17-7-2-8-18-35)47(54-56-49)37-21-11-4-12-22-37/h1-31H. The number of hydrogen-bond donors (Lipinski definition) is 0. The van der Waals surface area contributed by atoms with Crippen molar-refractivity contribution in [2.24, 2.45) is 0 Å². The van der Waals surface area contributed by atoms with Gasteiger partial charge in [0.2, 0.25) is 0 Å². The largest absolute Gasteiger partial charge is 0.224 e. The van der Waals surface area contributed by atoms with Gasteiger partial charge in [0, 0.05) is 33.4 Å². The Labute approximate surface area is 324 Å². The summed E-state index contributed by atoms with van der Waals surface area (Å²) in [4.78, 5) is 10.2. The fraction of sp³-hybridized carbons (Fsp3) is 0. The van der Waals surface area contributed by atoms with E-state index in [-0.39, 0.29) is 0 Å². The Morgan fingerprint density at radius 1 is 0.304 bits per heavy atom. The molecule has 0 aliphatic heterocycles. The monoisotopic (exact) mass is 717 g/mol. The van der Waals surface area contributed by atoms with Crippen molar-refractivity contribution < 1.29 is 0 Å². The third-order valence-electron chi connectivity index (χ3n) is 9.57. The van der Waals surface area contributed by atoms with Gasteiger partial charge in [-0.3, -0.25) is 0 Å². The Bertz CT molecular complexity index is 2860. The summed E-state index contributed by atoms with van der Waals surface area (Å²) in [6.45, 7) is 0. The van der Waals surface area contributed by atoms with Crippen LogP contribution in [0.25, 0.3) is 90.1 Å². The molecule has 9 rings (SSSR count). The molecule has 0 unspecified atom stereocenters. The number of aromatic nitrogens is 6. The highest BCUT2D eigenvalue weighted by atomic mass is 15.2. The molecule has 56 heavy (non-hydrogen) atoms. The van der Waals surface area contributed by atoms with Crippen LogP contribution in [0.2, 0.25) is 0 Å². The van der Waals surface area contributed by atoms with Crippen LogP contribution in [0.15, 0.2) is 188 Å². The molecule has 7 aromatic carbocycles. The second kappa shape index (κ2) is 15.2. The van der Waals surface area contributed by atoms with E-state index in [1.165, 1.54) is 0 Å². The van der Waals surface area contributed by atoms with Crippen molar-refractivity contribution in [2.75, 3.05) is 0 Å². The van der Waals surface area contributed by atoms with E-state index >= 15 is 0 Å². The van der Waals surface area contributed by atoms with Crippen molar-refractivity contribution in [3.8, 4) is 96.1 Å². The average Bonchev–Trinajstić information content (AvgIpc) is 3.29. The maximum Gasteiger partial charge on any atom is 0.182 e. The maximum atomic E-state index is 9.98. The van der Waals surface area contributed by atoms with Gasteiger partial charge in [-0.15, -0.1) is 20.4 Å². The number of nitrogens with zero attached hydrogens (tertiary/aromatic N) is 7. The topological polar surface area (TPSA) is 101 Å². The number of hydrogen-bond acceptors (Lipinski definition) is 7. The summed E-state index contributed by atoms with van der Waals surface area (Å²) in [5, 5.41) is 28.7. The van der Waals surface area contributed by atoms with Crippen LogP contribution in [0.5, 0.6) is 0 Å². The molecule has 262 valence electrons. The normalized spacial score (nSPS) is 10.8. The minimum absolute atomic E-state index is 0.503. The fourth-order valence-corrected chi connectivity index (χ4v) is 6.83. The predicted octanol–water partition coefficient (Wildman–Crippen LogP) is 11.3. The summed E-state index contributed by atoms with van der Waals surface area (Å²) in [6.07, 6.45) is 0. The zero-order chi connectivity index (χ0) is 37.7. The second-order valence-electron chi connectivity index (χ2n) is 13.2. The van der Waals surface area contributed by atoms with Gasteiger partial charge in [-0.05, 0) is 46.5 Å². The molecule has 0 radical (unpaired) electrons. The summed E-state index contributed by atoms with van der Waals surface area (Å²) in [5.74, 6) is 1.02. The molecule has 0 atom stereocenters. The highest BCUT2D eigenvalue weighted by molar-refractivity contribution is 5.88. The molecule has 2 aromatic heterocycles. The van der Waals surface area contributed by atoms with Gasteiger partial charge in [0.05, 0.1) is 11.6 Å². The van der Waals surface area contributed by atoms with Gasteiger partial charge in [-0.2, -0.15) is 5.26 Å². The van der Waals surface area contributed by atoms with Gasteiger partial charge < -0.3 is 0 Å². The van der Waals surface area contributed by atoms with Gasteiger partial charge in [-0.1, -0.05) is 164 Å². The lowest BCUT2D eigenvalue weighted by molar-refractivity contribution is 0.991. The molecular formula is C49H31N7. The zero-order valence-electron chi connectivity index (χ0n) is 30.0. The summed E-state index contributed by atoms with van der Waals surface area (Å²) < 4.78 is 0. The first-order valence-corrected chi connectivity index (χ1v) is 18.2. The Morgan fingerprint density at radius 2 is 0.679 bits per heavy atom. The molecule has 0 aliphatic carbocycles. The molecule has 9 aromatic rings. The van der Waals surface area contributed by atoms with Gasteiger partial charge in [0.1, 0.15) is 22.8 Å². The van der Waals surface area contributed by atoms with Crippen molar-refractivity contribution in [1.82, 2.24) is 30.4 Å². The third kappa shape index (κ3) is 6.82. The van der Waals surface area contributed by atoms with Crippen LogP contribution in [0, 0.1) is 11.3 Å². The maximum absolute atomic E-state index is 9.98. The zero-order valence-corrected chi connectivity index (χ0v) is 30.0. The molecule has 0 amide bonds. The van der Waals surface area contributed by atoms with E-state index in [9.17, 15) is 5.26 Å². The van der Waals surface area contributed by atoms with E-state index in [2.05, 4.69) is 34.5 Å². The number of rotatable bonds is 8. The summed E-state index contributed by atoms with van der Waals surface area (Å²) >= 11 is 0. The molecule has 0 aliphatic rings. The quantitative estimate of drug-likeness (QED) is 0.154. The molecule has 0 N–H and O–H groups in total. The Balaban J connectivity index is 1.13. The summed E-state index contributed by atoms with van der Waals surface area (Å²) in [5.41, 5.74) is 12.6. The average molecular weight is 718 g/mol. The summed E-state index contributed by atoms with van der Waals surface area (Å²) in [6, 6.07) is 64.4. The van der Waals surface area contributed by atoms with Crippen molar-refractivity contribution in [2.45, 2.75) is 0 Å². The van der Waals surface area contributed by atoms with Crippen LogP contribution < -0.4 is 0 Å². The molecule has 2 heterocycles. The third-order valence-corrected chi connectivity index (χ3v) is 9.57. The van der Waals surface area contributed by atoms with Gasteiger partial charge >= 0.3 is 0 Å². The van der Waals surface area contributed by atoms with Crippen LogP contribution in [0.3, 0.4) is 0 Å². The summed E-state index contributed by atoms with van der Waals surface area (Å²) in [7, 11) is 0. The molecule has 0 saturated carbocycles. The van der Waals surface area contributed by atoms with E-state index in [0.717, 1.165) is 72.7 Å². The van der Waals surface area contributed by atoms with Gasteiger partial charge in [-0.25, -0.2) is 9.97 Å². The van der Waals surface area contributed by atoms with Crippen molar-refractivity contribution in [1.29, 1.82) is 5.26 Å². The van der Waals surface area contributed by atoms with E-state index < -0.39 is 0 Å². The first kappa shape index (κ1) is 33.9. The first-order chi connectivity index (χ1) is 27.7. The highest BCUT2D eigenvalue weighted by Crippen LogP contribution is 2.37. The van der Waals surface area contributed by atoms with Gasteiger partial charge in [0.25, 0.3) is 0 Å². The Hall–Kier alpha value is -7.95. The van der Waals surface area contributed by atoms with Crippen molar-refractivity contribution >= 4 is 0 Å². The SMILES string of the molecule is N#Cc1ccc(-c2cccc(-c3nnc(-c4ccccc4)c(-c4ccccc4)n3)c2)c(-c2cccc(-c3nnc(-c4ccccc4)c(-c4ccccc4)n3)c2)c1. The second-order valence-corrected chi connectivity index (χ2v) is 13.2. The van der Waals surface area contributed by atoms with Crippen molar-refractivity contribution in [3.05, 3.63) is 194 Å². The van der Waals surface area contributed by atoms with Crippen LogP contribution in [0.1, 0.15) is 5.56 Å². The minimum Gasteiger partial charge on any atom is -0.224 e. The molecule has 0 bridgehead atoms. The lowest BCUT2D eigenvalue weighted by Crippen LogP contribution is -2.00. The van der Waals surface area contributed by atoms with Crippen LogP contribution in [-0.4, -0.2) is 30.4 Å². The minimum atomic E-state index is 0.503. The first-order valence-electron chi connectivity index (χ1n) is 18.2. The molecule has 0 spiro atoms. The fourth-order valence-electron chi connectivity index (χ4n) is 6.83. The highest BCUT2D eigenvalue weighted by Gasteiger charge is 2.18. The Morgan fingerprint density at radius 3 is 1.11 bits per heavy atom. The number of nitriles is 1. The molecule has 0 saturated heterocycles. The smallest absolute Gasteiger partial charge is 0.182 e. The molecule has 0 fully saturated rings. The molecule has 7 nitrogen and oxygen atoms in total. The Kier molecular flexibility index (Phi) is 9.18. The van der Waals surface area contributed by atoms with E-state index in [0.29, 0.717) is 22.9 Å². The van der Waals surface area contributed by atoms with E-state index in [1.807, 2.05) is 170 Å². The lowest BCUT2D eigenvalue weighted by Gasteiger charge is -2.14. The van der Waals surface area contributed by atoms with Gasteiger partial charge in [0.15, 0.2) is 11.6 Å². The van der Waals surface area contributed by atoms with E-state index in [1.54, 1.807) is 0 Å². The van der Waals surface area contributed by atoms with Crippen molar-refractivity contribution in [3.63, 3.8) is 0 Å². The molecular weight excluding hydrogens is 687 g/mol. The van der Waals surface area contributed by atoms with Crippen LogP contribution in [0.4, 0.5) is 0 Å². The predicted molar refractivity (Wildman–Crippen MR) is 221 cm³/mol. The molecule has 7 heteroatoms. The number of benzene rings is 7. The van der Waals surface area contributed by atoms with Crippen LogP contribution >= 0.6 is 0 Å². The van der Waals surface area contributed by atoms with E-state index in [4.69, 9.17) is 20.2 Å². The lowest BCUT2D eigenvalue weighted by atomic mass is 9.91. The van der Waals surface area contributed by atoms with Crippen LogP contribution in [-0.2, 0) is 0 Å².